The zero-order valence-electron chi connectivity index (χ0n) is 14.7. The molecule has 0 unspecified atom stereocenters. The molecule has 128 valence electrons. The minimum absolute atomic E-state index is 0.0190. The molecule has 2 aromatic rings. The molecule has 2 amide bonds. The maximum Gasteiger partial charge on any atom is 0.254 e. The van der Waals surface area contributed by atoms with Gasteiger partial charge in [0.2, 0.25) is 5.91 Å². The van der Waals surface area contributed by atoms with E-state index < -0.39 is 5.54 Å². The topological polar surface area (TPSA) is 62.3 Å². The number of rotatable bonds is 4. The van der Waals surface area contributed by atoms with Crippen LogP contribution in [0.2, 0.25) is 0 Å². The SMILES string of the molecule is Cc1ccc(C(=O)N(CC(=O)Nc2nc(C)cs2)C(C)(C)C)cc1. The lowest BCUT2D eigenvalue weighted by molar-refractivity contribution is -0.117. The largest absolute Gasteiger partial charge is 0.324 e. The Hall–Kier alpha value is -2.21. The third-order valence-corrected chi connectivity index (χ3v) is 4.40. The molecule has 0 aliphatic carbocycles. The monoisotopic (exact) mass is 345 g/mol. The lowest BCUT2D eigenvalue weighted by atomic mass is 10.0. The number of carbonyl (C=O) groups excluding carboxylic acids is 2. The van der Waals surface area contributed by atoms with Crippen LogP contribution >= 0.6 is 11.3 Å². The number of thiazole rings is 1. The highest BCUT2D eigenvalue weighted by Crippen LogP contribution is 2.19. The third-order valence-electron chi connectivity index (χ3n) is 3.52. The number of nitrogens with zero attached hydrogens (tertiary/aromatic N) is 2. The van der Waals surface area contributed by atoms with E-state index >= 15 is 0 Å². The third kappa shape index (κ3) is 4.64. The van der Waals surface area contributed by atoms with Crippen LogP contribution in [-0.2, 0) is 4.79 Å². The van der Waals surface area contributed by atoms with Crippen molar-refractivity contribution in [2.75, 3.05) is 11.9 Å². The van der Waals surface area contributed by atoms with E-state index in [9.17, 15) is 9.59 Å². The van der Waals surface area contributed by atoms with E-state index in [4.69, 9.17) is 0 Å². The van der Waals surface area contributed by atoms with Crippen LogP contribution in [0.15, 0.2) is 29.6 Å². The molecule has 2 rings (SSSR count). The summed E-state index contributed by atoms with van der Waals surface area (Å²) in [6.45, 7) is 9.57. The van der Waals surface area contributed by atoms with E-state index in [-0.39, 0.29) is 18.4 Å². The summed E-state index contributed by atoms with van der Waals surface area (Å²) >= 11 is 1.37. The van der Waals surface area contributed by atoms with Crippen molar-refractivity contribution in [1.29, 1.82) is 0 Å². The predicted octanol–water partition coefficient (Wildman–Crippen LogP) is 3.64. The first-order valence-electron chi connectivity index (χ1n) is 7.77. The van der Waals surface area contributed by atoms with Gasteiger partial charge in [-0.05, 0) is 46.8 Å². The van der Waals surface area contributed by atoms with Crippen LogP contribution in [0.4, 0.5) is 5.13 Å². The van der Waals surface area contributed by atoms with E-state index in [1.165, 1.54) is 11.3 Å². The lowest BCUT2D eigenvalue weighted by Crippen LogP contribution is -2.49. The second kappa shape index (κ2) is 7.13. The molecular formula is C18H23N3O2S. The Bertz CT molecular complexity index is 729. The van der Waals surface area contributed by atoms with Crippen molar-refractivity contribution < 1.29 is 9.59 Å². The summed E-state index contributed by atoms with van der Waals surface area (Å²) in [5.41, 5.74) is 2.05. The molecule has 5 nitrogen and oxygen atoms in total. The van der Waals surface area contributed by atoms with Gasteiger partial charge in [-0.2, -0.15) is 0 Å². The van der Waals surface area contributed by atoms with Crippen LogP contribution in [0.1, 0.15) is 42.4 Å². The average Bonchev–Trinajstić information content (AvgIpc) is 2.89. The van der Waals surface area contributed by atoms with Gasteiger partial charge in [-0.1, -0.05) is 17.7 Å². The fourth-order valence-electron chi connectivity index (χ4n) is 2.18. The number of hydrogen-bond donors (Lipinski definition) is 1. The van der Waals surface area contributed by atoms with Crippen LogP contribution in [0.3, 0.4) is 0 Å². The van der Waals surface area contributed by atoms with Crippen LogP contribution < -0.4 is 5.32 Å². The Morgan fingerprint density at radius 2 is 1.79 bits per heavy atom. The predicted molar refractivity (Wildman–Crippen MR) is 97.4 cm³/mol. The van der Waals surface area contributed by atoms with Crippen LogP contribution in [-0.4, -0.2) is 33.8 Å². The minimum atomic E-state index is -0.474. The van der Waals surface area contributed by atoms with Gasteiger partial charge in [-0.15, -0.1) is 11.3 Å². The molecule has 0 bridgehead atoms. The maximum atomic E-state index is 12.8. The zero-order valence-corrected chi connectivity index (χ0v) is 15.5. The summed E-state index contributed by atoms with van der Waals surface area (Å²) in [5, 5.41) is 5.18. The van der Waals surface area contributed by atoms with Crippen LogP contribution in [0, 0.1) is 13.8 Å². The Balaban J connectivity index is 2.14. The molecule has 6 heteroatoms. The molecule has 0 radical (unpaired) electrons. The van der Waals surface area contributed by atoms with Crippen molar-refractivity contribution in [3.8, 4) is 0 Å². The highest BCUT2D eigenvalue weighted by molar-refractivity contribution is 7.13. The van der Waals surface area contributed by atoms with Gasteiger partial charge in [-0.3, -0.25) is 9.59 Å². The summed E-state index contributed by atoms with van der Waals surface area (Å²) < 4.78 is 0. The molecule has 0 spiro atoms. The molecule has 0 aliphatic heterocycles. The minimum Gasteiger partial charge on any atom is -0.324 e. The summed E-state index contributed by atoms with van der Waals surface area (Å²) in [6.07, 6.45) is 0. The second-order valence-corrected chi connectivity index (χ2v) is 7.63. The van der Waals surface area contributed by atoms with Crippen LogP contribution in [0.5, 0.6) is 0 Å². The maximum absolute atomic E-state index is 12.8. The fraction of sp³-hybridized carbons (Fsp3) is 0.389. The number of carbonyl (C=O) groups is 2. The quantitative estimate of drug-likeness (QED) is 0.920. The zero-order chi connectivity index (χ0) is 17.9. The van der Waals surface area contributed by atoms with Gasteiger partial charge < -0.3 is 10.2 Å². The molecular weight excluding hydrogens is 322 g/mol. The summed E-state index contributed by atoms with van der Waals surface area (Å²) in [5.74, 6) is -0.410. The van der Waals surface area contributed by atoms with E-state index in [1.54, 1.807) is 17.0 Å². The van der Waals surface area contributed by atoms with Crippen molar-refractivity contribution in [2.24, 2.45) is 0 Å². The Morgan fingerprint density at radius 1 is 1.17 bits per heavy atom. The molecule has 0 saturated heterocycles. The number of hydrogen-bond acceptors (Lipinski definition) is 4. The Morgan fingerprint density at radius 3 is 2.29 bits per heavy atom. The smallest absolute Gasteiger partial charge is 0.254 e. The molecule has 24 heavy (non-hydrogen) atoms. The van der Waals surface area contributed by atoms with Gasteiger partial charge in [0.15, 0.2) is 5.13 Å². The number of nitrogens with one attached hydrogen (secondary N) is 1. The summed E-state index contributed by atoms with van der Waals surface area (Å²) in [6, 6.07) is 7.37. The van der Waals surface area contributed by atoms with Gasteiger partial charge in [0.05, 0.1) is 5.69 Å². The number of aryl methyl sites for hydroxylation is 2. The van der Waals surface area contributed by atoms with Crippen LogP contribution in [0.25, 0.3) is 0 Å². The van der Waals surface area contributed by atoms with E-state index in [2.05, 4.69) is 10.3 Å². The van der Waals surface area contributed by atoms with Crippen molar-refractivity contribution in [2.45, 2.75) is 40.2 Å². The normalized spacial score (nSPS) is 11.2. The van der Waals surface area contributed by atoms with Gasteiger partial charge in [-0.25, -0.2) is 4.98 Å². The summed E-state index contributed by atoms with van der Waals surface area (Å²) in [7, 11) is 0. The first kappa shape index (κ1) is 18.1. The van der Waals surface area contributed by atoms with Gasteiger partial charge in [0.25, 0.3) is 5.91 Å². The molecule has 0 saturated carbocycles. The van der Waals surface area contributed by atoms with Crippen molar-refractivity contribution in [3.05, 3.63) is 46.5 Å². The van der Waals surface area contributed by atoms with Gasteiger partial charge in [0, 0.05) is 16.5 Å². The number of aromatic nitrogens is 1. The van der Waals surface area contributed by atoms with Crippen molar-refractivity contribution >= 4 is 28.3 Å². The van der Waals surface area contributed by atoms with Gasteiger partial charge >= 0.3 is 0 Å². The second-order valence-electron chi connectivity index (χ2n) is 6.77. The number of benzene rings is 1. The molecule has 0 fully saturated rings. The van der Waals surface area contributed by atoms with Crippen molar-refractivity contribution in [3.63, 3.8) is 0 Å². The number of amides is 2. The number of anilines is 1. The molecule has 1 aromatic heterocycles. The molecule has 1 N–H and O–H groups in total. The summed E-state index contributed by atoms with van der Waals surface area (Å²) in [4.78, 5) is 31.0. The first-order chi connectivity index (χ1) is 11.2. The molecule has 0 atom stereocenters. The lowest BCUT2D eigenvalue weighted by Gasteiger charge is -2.35. The Kier molecular flexibility index (Phi) is 5.39. The molecule has 1 heterocycles. The van der Waals surface area contributed by atoms with Gasteiger partial charge in [0.1, 0.15) is 6.54 Å². The molecule has 1 aromatic carbocycles. The standard InChI is InChI=1S/C18H23N3O2S/c1-12-6-8-14(9-7-12)16(23)21(18(3,4)5)10-15(22)20-17-19-13(2)11-24-17/h6-9,11H,10H2,1-5H3,(H,19,20,22). The average molecular weight is 345 g/mol. The highest BCUT2D eigenvalue weighted by Gasteiger charge is 2.29. The van der Waals surface area contributed by atoms with E-state index in [0.29, 0.717) is 10.7 Å². The van der Waals surface area contributed by atoms with E-state index in [0.717, 1.165) is 11.3 Å². The fourth-order valence-corrected chi connectivity index (χ4v) is 2.88. The first-order valence-corrected chi connectivity index (χ1v) is 8.65. The van der Waals surface area contributed by atoms with E-state index in [1.807, 2.05) is 52.1 Å². The highest BCUT2D eigenvalue weighted by atomic mass is 32.1. The Labute approximate surface area is 146 Å². The molecule has 0 aliphatic rings. The van der Waals surface area contributed by atoms with Crippen molar-refractivity contribution in [1.82, 2.24) is 9.88 Å².